The van der Waals surface area contributed by atoms with Crippen molar-refractivity contribution in [1.29, 1.82) is 0 Å². The summed E-state index contributed by atoms with van der Waals surface area (Å²) in [4.78, 5) is 54.6. The number of likely N-dealkylation sites (N-methyl/N-ethyl adjacent to an activating group) is 1. The molecule has 10 nitrogen and oxygen atoms in total. The summed E-state index contributed by atoms with van der Waals surface area (Å²) in [5.74, 6) is -6.41. The summed E-state index contributed by atoms with van der Waals surface area (Å²) in [5.41, 5.74) is 1.91. The van der Waals surface area contributed by atoms with Gasteiger partial charge >= 0.3 is 0 Å². The Morgan fingerprint density at radius 2 is 1.90 bits per heavy atom. The van der Waals surface area contributed by atoms with E-state index >= 15 is 0 Å². The number of H-pyrrole nitrogens is 1. The lowest BCUT2D eigenvalue weighted by molar-refractivity contribution is -0.148. The lowest BCUT2D eigenvalue weighted by atomic mass is 9.58. The van der Waals surface area contributed by atoms with Crippen LogP contribution >= 0.6 is 0 Å². The Kier molecular flexibility index (Phi) is 4.49. The molecule has 1 aromatic heterocycles. The lowest BCUT2D eigenvalue weighted by Crippen LogP contribution is -2.64. The normalized spacial score (nSPS) is 30.3. The molecule has 0 aromatic carbocycles. The molecule has 1 heterocycles. The molecule has 1 aromatic rings. The van der Waals surface area contributed by atoms with Crippen LogP contribution in [0.1, 0.15) is 28.0 Å². The predicted molar refractivity (Wildman–Crippen MR) is 107 cm³/mol. The Bertz CT molecular complexity index is 1180. The molecular weight excluding hydrogens is 406 g/mol. The van der Waals surface area contributed by atoms with Gasteiger partial charge in [-0.05, 0) is 51.4 Å². The van der Waals surface area contributed by atoms with E-state index in [1.807, 2.05) is 0 Å². The van der Waals surface area contributed by atoms with E-state index in [0.29, 0.717) is 11.3 Å². The van der Waals surface area contributed by atoms with Gasteiger partial charge in [0.1, 0.15) is 17.1 Å². The molecule has 31 heavy (non-hydrogen) atoms. The van der Waals surface area contributed by atoms with Crippen molar-refractivity contribution in [3.05, 3.63) is 55.9 Å². The van der Waals surface area contributed by atoms with Gasteiger partial charge in [-0.3, -0.25) is 24.1 Å². The van der Waals surface area contributed by atoms with Crippen molar-refractivity contribution in [1.82, 2.24) is 9.88 Å². The number of fused-ring (bicyclic) bond motifs is 3. The molecule has 164 valence electrons. The number of amides is 1. The number of pyridine rings is 1. The highest BCUT2D eigenvalue weighted by molar-refractivity contribution is 6.24. The molecule has 2 unspecified atom stereocenters. The monoisotopic (exact) mass is 429 g/mol. The van der Waals surface area contributed by atoms with Gasteiger partial charge in [-0.2, -0.15) is 0 Å². The third kappa shape index (κ3) is 2.64. The van der Waals surface area contributed by atoms with Crippen LogP contribution in [0.25, 0.3) is 0 Å². The summed E-state index contributed by atoms with van der Waals surface area (Å²) in [5, 5.41) is 33.1. The third-order valence-electron chi connectivity index (χ3n) is 6.58. The number of nitrogens with two attached hydrogens (primary N) is 1. The number of carbonyl (C=O) groups excluding carboxylic acids is 3. The first kappa shape index (κ1) is 21.0. The zero-order valence-corrected chi connectivity index (χ0v) is 17.2. The van der Waals surface area contributed by atoms with Crippen molar-refractivity contribution in [2.75, 3.05) is 14.1 Å². The zero-order chi connectivity index (χ0) is 23.0. The number of aliphatic hydroxyl groups is 3. The summed E-state index contributed by atoms with van der Waals surface area (Å²) in [7, 11) is 3.16. The maximum absolute atomic E-state index is 13.2. The number of aromatic amines is 1. The fourth-order valence-electron chi connectivity index (χ4n) is 5.34. The van der Waals surface area contributed by atoms with Gasteiger partial charge in [0.05, 0.1) is 11.6 Å². The van der Waals surface area contributed by atoms with Crippen molar-refractivity contribution in [3.8, 4) is 0 Å². The van der Waals surface area contributed by atoms with E-state index in [1.54, 1.807) is 27.1 Å². The topological polar surface area (TPSA) is 174 Å². The van der Waals surface area contributed by atoms with Gasteiger partial charge in [-0.1, -0.05) is 0 Å². The number of aromatic nitrogens is 1. The molecule has 6 N–H and O–H groups in total. The first-order valence-electron chi connectivity index (χ1n) is 9.78. The van der Waals surface area contributed by atoms with Gasteiger partial charge < -0.3 is 26.0 Å². The number of aliphatic hydroxyl groups excluding tert-OH is 2. The quantitative estimate of drug-likeness (QED) is 0.388. The highest BCUT2D eigenvalue weighted by atomic mass is 16.3. The molecule has 4 rings (SSSR count). The summed E-state index contributed by atoms with van der Waals surface area (Å²) in [6, 6.07) is 0.674. The Hall–Kier alpha value is -3.24. The number of ketones is 2. The van der Waals surface area contributed by atoms with Crippen LogP contribution in [-0.4, -0.2) is 68.4 Å². The summed E-state index contributed by atoms with van der Waals surface area (Å²) in [6.45, 7) is 1.69. The SMILES string of the molecule is Cc1cc2c(c(=O)[nH]1)C(=O)C1=C(O)[C@]3(O)C(=O)C(C(N)=O)=C(O)[C@@H](N(C)C)C3CC1C2. The third-order valence-corrected chi connectivity index (χ3v) is 6.58. The number of allylic oxidation sites excluding steroid dienone is 1. The predicted octanol–water partition coefficient (Wildman–Crippen LogP) is -0.588. The second-order valence-corrected chi connectivity index (χ2v) is 8.64. The molecule has 0 saturated heterocycles. The standard InChI is InChI=1S/C21H23N3O7/c1-7-4-8-5-9-6-10-14(24(2)3)16(26)13(19(22)29)18(28)21(10,31)17(27)11(9)15(25)12(8)20(30)23-7/h4,9-10,14,26-27,31H,5-6H2,1-3H3,(H2,22,29)(H,23,30)/t9?,10?,14-,21-/m0/s1. The number of rotatable bonds is 2. The van der Waals surface area contributed by atoms with E-state index < -0.39 is 63.6 Å². The average Bonchev–Trinajstić information content (AvgIpc) is 2.63. The highest BCUT2D eigenvalue weighted by Crippen LogP contribution is 2.51. The van der Waals surface area contributed by atoms with Gasteiger partial charge in [0.15, 0.2) is 11.4 Å². The Labute approximate surface area is 176 Å². The van der Waals surface area contributed by atoms with Gasteiger partial charge in [0, 0.05) is 17.2 Å². The second kappa shape index (κ2) is 6.63. The molecule has 10 heteroatoms. The minimum Gasteiger partial charge on any atom is -0.510 e. The van der Waals surface area contributed by atoms with Gasteiger partial charge in [-0.25, -0.2) is 0 Å². The van der Waals surface area contributed by atoms with E-state index in [0.717, 1.165) is 0 Å². The Balaban J connectivity index is 1.98. The largest absolute Gasteiger partial charge is 0.510 e. The number of Topliss-reactive ketones (excluding diaryl/α,β-unsaturated/α-hetero) is 2. The molecule has 0 spiro atoms. The highest BCUT2D eigenvalue weighted by Gasteiger charge is 2.63. The first-order valence-corrected chi connectivity index (χ1v) is 9.78. The van der Waals surface area contributed by atoms with E-state index in [9.17, 15) is 34.5 Å². The summed E-state index contributed by atoms with van der Waals surface area (Å²) in [6.07, 6.45) is 0.289. The van der Waals surface area contributed by atoms with Crippen LogP contribution in [0, 0.1) is 18.8 Å². The Morgan fingerprint density at radius 1 is 1.26 bits per heavy atom. The van der Waals surface area contributed by atoms with E-state index in [2.05, 4.69) is 4.98 Å². The van der Waals surface area contributed by atoms with Crippen LogP contribution in [0.3, 0.4) is 0 Å². The van der Waals surface area contributed by atoms with Crippen LogP contribution in [0.5, 0.6) is 0 Å². The molecule has 0 saturated carbocycles. The molecule has 0 bridgehead atoms. The summed E-state index contributed by atoms with van der Waals surface area (Å²) >= 11 is 0. The van der Waals surface area contributed by atoms with Crippen molar-refractivity contribution >= 4 is 17.5 Å². The van der Waals surface area contributed by atoms with Crippen molar-refractivity contribution in [2.24, 2.45) is 17.6 Å². The van der Waals surface area contributed by atoms with Crippen molar-refractivity contribution in [2.45, 2.75) is 31.4 Å². The average molecular weight is 429 g/mol. The molecule has 0 aliphatic heterocycles. The van der Waals surface area contributed by atoms with E-state index in [4.69, 9.17) is 5.73 Å². The maximum atomic E-state index is 13.2. The number of nitrogens with zero attached hydrogens (tertiary/aromatic N) is 1. The van der Waals surface area contributed by atoms with E-state index in [-0.39, 0.29) is 24.0 Å². The van der Waals surface area contributed by atoms with Gasteiger partial charge in [0.25, 0.3) is 11.5 Å². The van der Waals surface area contributed by atoms with Gasteiger partial charge in [-0.15, -0.1) is 0 Å². The lowest BCUT2D eigenvalue weighted by Gasteiger charge is -2.50. The first-order chi connectivity index (χ1) is 14.4. The van der Waals surface area contributed by atoms with Crippen molar-refractivity contribution in [3.63, 3.8) is 0 Å². The van der Waals surface area contributed by atoms with Crippen LogP contribution < -0.4 is 11.3 Å². The fraction of sp³-hybridized carbons (Fsp3) is 0.429. The molecule has 0 radical (unpaired) electrons. The van der Waals surface area contributed by atoms with Crippen LogP contribution in [-0.2, 0) is 16.0 Å². The minimum absolute atomic E-state index is 0.0532. The number of aryl methyl sites for hydroxylation is 1. The molecular formula is C21H23N3O7. The van der Waals surface area contributed by atoms with Crippen LogP contribution in [0.15, 0.2) is 33.5 Å². The maximum Gasteiger partial charge on any atom is 0.259 e. The molecule has 3 aliphatic carbocycles. The number of hydrogen-bond donors (Lipinski definition) is 5. The molecule has 4 atom stereocenters. The molecule has 0 fully saturated rings. The zero-order valence-electron chi connectivity index (χ0n) is 17.2. The fourth-order valence-corrected chi connectivity index (χ4v) is 5.34. The second-order valence-electron chi connectivity index (χ2n) is 8.64. The summed E-state index contributed by atoms with van der Waals surface area (Å²) < 4.78 is 0. The van der Waals surface area contributed by atoms with Crippen LogP contribution in [0.4, 0.5) is 0 Å². The van der Waals surface area contributed by atoms with Crippen LogP contribution in [0.2, 0.25) is 0 Å². The molecule has 3 aliphatic rings. The molecule has 1 amide bonds. The number of hydrogen-bond acceptors (Lipinski definition) is 8. The van der Waals surface area contributed by atoms with Gasteiger partial charge in [0.2, 0.25) is 5.78 Å². The van der Waals surface area contributed by atoms with E-state index in [1.165, 1.54) is 4.90 Å². The number of primary amides is 1. The van der Waals surface area contributed by atoms with Crippen molar-refractivity contribution < 1.29 is 29.7 Å². The number of nitrogens with one attached hydrogen (secondary N) is 1. The smallest absolute Gasteiger partial charge is 0.259 e. The minimum atomic E-state index is -2.64. The number of carbonyl (C=O) groups is 3. The Morgan fingerprint density at radius 3 is 2.48 bits per heavy atom.